The van der Waals surface area contributed by atoms with Crippen LogP contribution in [-0.2, 0) is 29.6 Å². The minimum atomic E-state index is -3.81. The molecule has 0 unspecified atom stereocenters. The van der Waals surface area contributed by atoms with Crippen molar-refractivity contribution in [3.8, 4) is 11.5 Å². The van der Waals surface area contributed by atoms with Gasteiger partial charge in [0.25, 0.3) is 5.91 Å². The maximum atomic E-state index is 13.6. The highest BCUT2D eigenvalue weighted by Gasteiger charge is 2.24. The summed E-state index contributed by atoms with van der Waals surface area (Å²) in [6.07, 6.45) is 1.57. The normalized spacial score (nSPS) is 11.4. The third-order valence-corrected chi connectivity index (χ3v) is 10.1. The predicted molar refractivity (Wildman–Crippen MR) is 211 cm³/mol. The monoisotopic (exact) mass is 738 g/mol. The highest BCUT2D eigenvalue weighted by molar-refractivity contribution is 7.92. The first-order valence-corrected chi connectivity index (χ1v) is 19.3. The first-order chi connectivity index (χ1) is 26.2. The molecule has 0 bridgehead atoms. The van der Waals surface area contributed by atoms with Crippen molar-refractivity contribution in [2.45, 2.75) is 19.6 Å². The minimum absolute atomic E-state index is 0.0325. The molecule has 54 heavy (non-hydrogen) atoms. The lowest BCUT2D eigenvalue weighted by Gasteiger charge is -2.25. The van der Waals surface area contributed by atoms with E-state index in [1.807, 2.05) is 115 Å². The molecule has 1 heterocycles. The zero-order valence-electron chi connectivity index (χ0n) is 29.6. The lowest BCUT2D eigenvalue weighted by Crippen LogP contribution is -2.31. The fourth-order valence-electron chi connectivity index (χ4n) is 6.27. The standard InChI is InChI=1S/C44H38N2O7S/c1-54(49,50)46(29-31-12-4-2-5-13-31)39-26-34(20-23-42(39)52-30-32-14-6-3-7-15-32)40(47)28-45-44(48)36-17-9-8-16-33(36)24-25-51-35-21-22-38-37-18-10-11-19-41(37)53-43(38)27-35/h2-23,26-27H,24-25,28-30H2,1H3,(H,45,48). The quantitative estimate of drug-likeness (QED) is 0.105. The Balaban J connectivity index is 1.04. The average Bonchev–Trinajstić information content (AvgIpc) is 3.56. The summed E-state index contributed by atoms with van der Waals surface area (Å²) in [5.41, 5.74) is 4.85. The first kappa shape index (κ1) is 36.0. The molecular formula is C44H38N2O7S. The zero-order chi connectivity index (χ0) is 37.5. The van der Waals surface area contributed by atoms with Crippen LogP contribution in [0.25, 0.3) is 21.9 Å². The van der Waals surface area contributed by atoms with Crippen LogP contribution < -0.4 is 19.1 Å². The van der Waals surface area contributed by atoms with Crippen molar-refractivity contribution in [2.75, 3.05) is 23.7 Å². The van der Waals surface area contributed by atoms with Crippen molar-refractivity contribution >= 4 is 49.3 Å². The van der Waals surface area contributed by atoms with E-state index in [2.05, 4.69) is 5.32 Å². The second kappa shape index (κ2) is 16.1. The summed E-state index contributed by atoms with van der Waals surface area (Å²) < 4.78 is 45.8. The average molecular weight is 739 g/mol. The number of nitrogens with zero attached hydrogens (tertiary/aromatic N) is 1. The van der Waals surface area contributed by atoms with Crippen LogP contribution in [0.5, 0.6) is 11.5 Å². The highest BCUT2D eigenvalue weighted by Crippen LogP contribution is 2.34. The van der Waals surface area contributed by atoms with Crippen molar-refractivity contribution < 1.29 is 31.9 Å². The van der Waals surface area contributed by atoms with Crippen molar-refractivity contribution in [1.82, 2.24) is 5.32 Å². The van der Waals surface area contributed by atoms with Crippen molar-refractivity contribution in [1.29, 1.82) is 0 Å². The third kappa shape index (κ3) is 8.46. The summed E-state index contributed by atoms with van der Waals surface area (Å²) >= 11 is 0. The van der Waals surface area contributed by atoms with Gasteiger partial charge >= 0.3 is 0 Å². The fourth-order valence-corrected chi connectivity index (χ4v) is 7.15. The van der Waals surface area contributed by atoms with Gasteiger partial charge in [0.2, 0.25) is 10.0 Å². The molecule has 1 N–H and O–H groups in total. The fraction of sp³-hybridized carbons (Fsp3) is 0.136. The van der Waals surface area contributed by atoms with Crippen LogP contribution in [0.3, 0.4) is 0 Å². The predicted octanol–water partition coefficient (Wildman–Crippen LogP) is 8.37. The second-order valence-corrected chi connectivity index (χ2v) is 14.7. The Labute approximate surface area is 313 Å². The number of benzene rings is 6. The van der Waals surface area contributed by atoms with Crippen molar-refractivity contribution in [3.05, 3.63) is 173 Å². The molecule has 7 aromatic rings. The Bertz CT molecular complexity index is 2530. The number of hydrogen-bond acceptors (Lipinski definition) is 7. The summed E-state index contributed by atoms with van der Waals surface area (Å²) in [7, 11) is -3.81. The van der Waals surface area contributed by atoms with Gasteiger partial charge in [-0.15, -0.1) is 0 Å². The Kier molecular flexibility index (Phi) is 10.7. The van der Waals surface area contributed by atoms with Gasteiger partial charge < -0.3 is 19.2 Å². The Morgan fingerprint density at radius 1 is 0.704 bits per heavy atom. The maximum absolute atomic E-state index is 13.6. The van der Waals surface area contributed by atoms with Gasteiger partial charge in [-0.3, -0.25) is 13.9 Å². The van der Waals surface area contributed by atoms with Gasteiger partial charge in [-0.1, -0.05) is 97.1 Å². The number of nitrogens with one attached hydrogen (secondary N) is 1. The molecule has 0 aliphatic rings. The number of carbonyl (C=O) groups is 2. The largest absolute Gasteiger partial charge is 0.493 e. The summed E-state index contributed by atoms with van der Waals surface area (Å²) in [4.78, 5) is 27.0. The molecule has 1 aromatic heterocycles. The molecule has 7 rings (SSSR count). The van der Waals surface area contributed by atoms with Crippen LogP contribution in [0, 0.1) is 0 Å². The molecule has 0 aliphatic heterocycles. The van der Waals surface area contributed by atoms with E-state index >= 15 is 0 Å². The Morgan fingerprint density at radius 3 is 2.17 bits per heavy atom. The zero-order valence-corrected chi connectivity index (χ0v) is 30.4. The van der Waals surface area contributed by atoms with Crippen molar-refractivity contribution in [3.63, 3.8) is 0 Å². The van der Waals surface area contributed by atoms with Gasteiger partial charge in [0.05, 0.1) is 31.6 Å². The molecule has 272 valence electrons. The molecule has 9 nitrogen and oxygen atoms in total. The van der Waals surface area contributed by atoms with Crippen LogP contribution in [0.2, 0.25) is 0 Å². The van der Waals surface area contributed by atoms with E-state index in [9.17, 15) is 18.0 Å². The highest BCUT2D eigenvalue weighted by atomic mass is 32.2. The molecule has 0 radical (unpaired) electrons. The van der Waals surface area contributed by atoms with Gasteiger partial charge in [0.15, 0.2) is 5.78 Å². The summed E-state index contributed by atoms with van der Waals surface area (Å²) in [6, 6.07) is 44.2. The van der Waals surface area contributed by atoms with E-state index in [0.29, 0.717) is 30.1 Å². The number of rotatable bonds is 15. The second-order valence-electron chi connectivity index (χ2n) is 12.8. The molecule has 1 amide bonds. The van der Waals surface area contributed by atoms with Gasteiger partial charge in [0.1, 0.15) is 29.3 Å². The lowest BCUT2D eigenvalue weighted by molar-refractivity contribution is 0.0903. The number of Topliss-reactive ketones (excluding diaryl/α,β-unsaturated/α-hetero) is 1. The van der Waals surface area contributed by atoms with Crippen LogP contribution in [-0.4, -0.2) is 39.5 Å². The van der Waals surface area contributed by atoms with E-state index in [1.54, 1.807) is 24.3 Å². The van der Waals surface area contributed by atoms with Gasteiger partial charge in [-0.05, 0) is 59.2 Å². The smallest absolute Gasteiger partial charge is 0.251 e. The van der Waals surface area contributed by atoms with E-state index in [0.717, 1.165) is 44.9 Å². The number of furan rings is 1. The van der Waals surface area contributed by atoms with E-state index in [1.165, 1.54) is 10.4 Å². The number of ether oxygens (including phenoxy) is 2. The molecule has 0 saturated heterocycles. The summed E-state index contributed by atoms with van der Waals surface area (Å²) in [5.74, 6) is 0.152. The summed E-state index contributed by atoms with van der Waals surface area (Å²) in [6.45, 7) is 0.241. The third-order valence-electron chi connectivity index (χ3n) is 9.02. The van der Waals surface area contributed by atoms with Crippen molar-refractivity contribution in [2.24, 2.45) is 0 Å². The molecular weight excluding hydrogens is 701 g/mol. The van der Waals surface area contributed by atoms with Crippen LogP contribution in [0.15, 0.2) is 150 Å². The molecule has 0 spiro atoms. The number of hydrogen-bond donors (Lipinski definition) is 1. The summed E-state index contributed by atoms with van der Waals surface area (Å²) in [5, 5.41) is 4.81. The minimum Gasteiger partial charge on any atom is -0.493 e. The van der Waals surface area contributed by atoms with Crippen LogP contribution in [0.1, 0.15) is 37.4 Å². The first-order valence-electron chi connectivity index (χ1n) is 17.5. The van der Waals surface area contributed by atoms with Gasteiger partial charge in [-0.25, -0.2) is 8.42 Å². The SMILES string of the molecule is CS(=O)(=O)N(Cc1ccccc1)c1cc(C(=O)CNC(=O)c2ccccc2CCOc2ccc3c(c2)oc2ccccc23)ccc1OCc1ccccc1. The molecule has 0 fully saturated rings. The topological polar surface area (TPSA) is 115 Å². The number of anilines is 1. The Hall–Kier alpha value is -6.39. The van der Waals surface area contributed by atoms with E-state index in [4.69, 9.17) is 13.9 Å². The van der Waals surface area contributed by atoms with E-state index < -0.39 is 21.7 Å². The number of ketones is 1. The number of amides is 1. The molecule has 0 saturated carbocycles. The number of carbonyl (C=O) groups excluding carboxylic acids is 2. The van der Waals surface area contributed by atoms with Crippen LogP contribution >= 0.6 is 0 Å². The molecule has 6 aromatic carbocycles. The molecule has 0 aliphatic carbocycles. The van der Waals surface area contributed by atoms with Gasteiger partial charge in [-0.2, -0.15) is 0 Å². The van der Waals surface area contributed by atoms with Crippen LogP contribution in [0.4, 0.5) is 5.69 Å². The number of sulfonamides is 1. The number of para-hydroxylation sites is 1. The van der Waals surface area contributed by atoms with E-state index in [-0.39, 0.29) is 30.9 Å². The number of fused-ring (bicyclic) bond motifs is 3. The van der Waals surface area contributed by atoms with Gasteiger partial charge in [0, 0.05) is 34.4 Å². The molecule has 10 heteroatoms. The lowest BCUT2D eigenvalue weighted by atomic mass is 10.0. The Morgan fingerprint density at radius 2 is 1.39 bits per heavy atom. The molecule has 0 atom stereocenters. The maximum Gasteiger partial charge on any atom is 0.251 e.